The van der Waals surface area contributed by atoms with Crippen LogP contribution in [0.2, 0.25) is 19.1 Å². The molecule has 0 aliphatic heterocycles. The highest BCUT2D eigenvalue weighted by atomic mass is 28.3. The molecule has 2 rings (SSSR count). The second-order valence-electron chi connectivity index (χ2n) is 6.71. The van der Waals surface area contributed by atoms with Gasteiger partial charge in [-0.1, -0.05) is 86.8 Å². The van der Waals surface area contributed by atoms with Crippen molar-refractivity contribution in [3.63, 3.8) is 0 Å². The maximum atomic E-state index is 2.49. The molecule has 1 heteroatoms. The normalized spacial score (nSPS) is 16.4. The first-order valence-electron chi connectivity index (χ1n) is 6.82. The van der Waals surface area contributed by atoms with Gasteiger partial charge in [-0.3, -0.25) is 0 Å². The molecule has 0 atom stereocenters. The first-order valence-corrected chi connectivity index (χ1v) is 10.0. The average Bonchev–Trinajstić information content (AvgIpc) is 2.83. The Bertz CT molecular complexity index is 440. The number of rotatable bonds is 4. The number of benzene rings is 1. The predicted molar refractivity (Wildman–Crippen MR) is 83.9 cm³/mol. The maximum Gasteiger partial charge on any atom is 0.0811 e. The van der Waals surface area contributed by atoms with Gasteiger partial charge in [0.25, 0.3) is 0 Å². The Balaban J connectivity index is 2.17. The van der Waals surface area contributed by atoms with Gasteiger partial charge in [0.05, 0.1) is 8.07 Å². The van der Waals surface area contributed by atoms with Crippen molar-refractivity contribution >= 4 is 13.3 Å². The molecule has 0 N–H and O–H groups in total. The smallest absolute Gasteiger partial charge is 0.0771 e. The van der Waals surface area contributed by atoms with Crippen LogP contribution in [0.15, 0.2) is 54.6 Å². The van der Waals surface area contributed by atoms with Crippen molar-refractivity contribution in [2.75, 3.05) is 0 Å². The first-order chi connectivity index (χ1) is 8.42. The minimum absolute atomic E-state index is 0.356. The Morgan fingerprint density at radius 2 is 1.56 bits per heavy atom. The highest BCUT2D eigenvalue weighted by molar-refractivity contribution is 6.89. The molecule has 18 heavy (non-hydrogen) atoms. The lowest BCUT2D eigenvalue weighted by Crippen LogP contribution is -2.45. The van der Waals surface area contributed by atoms with Gasteiger partial charge < -0.3 is 0 Å². The summed E-state index contributed by atoms with van der Waals surface area (Å²) in [5, 5.41) is 1.57. The summed E-state index contributed by atoms with van der Waals surface area (Å²) in [4.78, 5) is 0. The number of hydrogen-bond donors (Lipinski definition) is 0. The third-order valence-electron chi connectivity index (χ3n) is 4.10. The van der Waals surface area contributed by atoms with Crippen molar-refractivity contribution in [3.05, 3.63) is 54.6 Å². The van der Waals surface area contributed by atoms with Crippen molar-refractivity contribution in [1.82, 2.24) is 0 Å². The molecule has 1 aromatic rings. The summed E-state index contributed by atoms with van der Waals surface area (Å²) < 4.78 is 0. The van der Waals surface area contributed by atoms with E-state index in [1.54, 1.807) is 5.19 Å². The zero-order valence-corrected chi connectivity index (χ0v) is 13.0. The molecule has 0 bridgehead atoms. The van der Waals surface area contributed by atoms with E-state index in [2.05, 4.69) is 81.6 Å². The molecule has 0 nitrogen and oxygen atoms in total. The van der Waals surface area contributed by atoms with Gasteiger partial charge >= 0.3 is 0 Å². The molecule has 0 unspecified atom stereocenters. The van der Waals surface area contributed by atoms with E-state index in [9.17, 15) is 0 Å². The molecule has 1 aliphatic carbocycles. The van der Waals surface area contributed by atoms with Gasteiger partial charge in [0, 0.05) is 5.92 Å². The third-order valence-corrected chi connectivity index (χ3v) is 7.79. The van der Waals surface area contributed by atoms with E-state index >= 15 is 0 Å². The van der Waals surface area contributed by atoms with E-state index in [4.69, 9.17) is 0 Å². The van der Waals surface area contributed by atoms with Gasteiger partial charge in [0.15, 0.2) is 0 Å². The summed E-state index contributed by atoms with van der Waals surface area (Å²) in [6, 6.07) is 12.4. The topological polar surface area (TPSA) is 0 Å². The lowest BCUT2D eigenvalue weighted by atomic mass is 9.81. The molecule has 0 saturated heterocycles. The Labute approximate surface area is 112 Å². The van der Waals surface area contributed by atoms with Crippen molar-refractivity contribution in [3.8, 4) is 0 Å². The summed E-state index contributed by atoms with van der Waals surface area (Å²) in [6.07, 6.45) is 9.05. The van der Waals surface area contributed by atoms with Crippen molar-refractivity contribution < 1.29 is 0 Å². The van der Waals surface area contributed by atoms with Crippen LogP contribution in [0.25, 0.3) is 0 Å². The summed E-state index contributed by atoms with van der Waals surface area (Å²) >= 11 is 0. The Morgan fingerprint density at radius 1 is 1.00 bits per heavy atom. The summed E-state index contributed by atoms with van der Waals surface area (Å²) in [5.41, 5.74) is 0.356. The van der Waals surface area contributed by atoms with Crippen molar-refractivity contribution in [2.45, 2.75) is 33.0 Å². The number of allylic oxidation sites excluding steroid dienone is 4. The van der Waals surface area contributed by atoms with E-state index in [0.29, 0.717) is 11.3 Å². The molecular formula is C17H24Si. The zero-order valence-electron chi connectivity index (χ0n) is 12.0. The monoisotopic (exact) mass is 256 g/mol. The lowest BCUT2D eigenvalue weighted by molar-refractivity contribution is 0.342. The molecule has 0 heterocycles. The number of hydrogen-bond acceptors (Lipinski definition) is 0. The average molecular weight is 256 g/mol. The first kappa shape index (κ1) is 13.4. The highest BCUT2D eigenvalue weighted by Crippen LogP contribution is 2.39. The fourth-order valence-electron chi connectivity index (χ4n) is 3.20. The van der Waals surface area contributed by atoms with Crippen LogP contribution in [0, 0.1) is 11.3 Å². The SMILES string of the molecule is CC(C)(C[Si](C)(C)c1ccccc1)C1C=CC=C1. The Morgan fingerprint density at radius 3 is 2.11 bits per heavy atom. The molecular weight excluding hydrogens is 232 g/mol. The molecule has 1 aliphatic rings. The van der Waals surface area contributed by atoms with Crippen LogP contribution in [-0.2, 0) is 0 Å². The maximum absolute atomic E-state index is 2.49. The van der Waals surface area contributed by atoms with Crippen LogP contribution in [0.3, 0.4) is 0 Å². The van der Waals surface area contributed by atoms with Crippen LogP contribution in [0.5, 0.6) is 0 Å². The van der Waals surface area contributed by atoms with Gasteiger partial charge in [-0.25, -0.2) is 0 Å². The molecule has 1 aromatic carbocycles. The van der Waals surface area contributed by atoms with E-state index in [1.807, 2.05) is 0 Å². The fraction of sp³-hybridized carbons (Fsp3) is 0.412. The van der Waals surface area contributed by atoms with Crippen LogP contribution >= 0.6 is 0 Å². The largest absolute Gasteiger partial charge is 0.0811 e. The van der Waals surface area contributed by atoms with Gasteiger partial charge in [0.2, 0.25) is 0 Å². The van der Waals surface area contributed by atoms with Crippen LogP contribution < -0.4 is 5.19 Å². The third kappa shape index (κ3) is 2.84. The summed E-state index contributed by atoms with van der Waals surface area (Å²) in [7, 11) is -1.35. The van der Waals surface area contributed by atoms with Crippen molar-refractivity contribution in [2.24, 2.45) is 11.3 Å². The Hall–Kier alpha value is -1.08. The van der Waals surface area contributed by atoms with Gasteiger partial charge in [-0.05, 0) is 11.5 Å². The van der Waals surface area contributed by atoms with E-state index in [-0.39, 0.29) is 0 Å². The van der Waals surface area contributed by atoms with E-state index in [1.165, 1.54) is 6.04 Å². The zero-order chi connectivity index (χ0) is 13.2. The van der Waals surface area contributed by atoms with Crippen LogP contribution in [0.1, 0.15) is 13.8 Å². The van der Waals surface area contributed by atoms with Crippen LogP contribution in [-0.4, -0.2) is 8.07 Å². The molecule has 0 radical (unpaired) electrons. The van der Waals surface area contributed by atoms with Gasteiger partial charge in [-0.15, -0.1) is 0 Å². The van der Waals surface area contributed by atoms with Gasteiger partial charge in [-0.2, -0.15) is 0 Å². The molecule has 0 amide bonds. The Kier molecular flexibility index (Phi) is 3.63. The molecule has 0 saturated carbocycles. The molecule has 0 spiro atoms. The van der Waals surface area contributed by atoms with Crippen LogP contribution in [0.4, 0.5) is 0 Å². The molecule has 0 aromatic heterocycles. The van der Waals surface area contributed by atoms with E-state index < -0.39 is 8.07 Å². The van der Waals surface area contributed by atoms with Crippen molar-refractivity contribution in [1.29, 1.82) is 0 Å². The quantitative estimate of drug-likeness (QED) is 0.702. The standard InChI is InChI=1S/C17H24Si/c1-17(2,15-10-8-9-11-15)14-18(3,4)16-12-6-5-7-13-16/h5-13,15H,14H2,1-4H3. The summed E-state index contributed by atoms with van der Waals surface area (Å²) in [5.74, 6) is 0.605. The molecule has 96 valence electrons. The van der Waals surface area contributed by atoms with Gasteiger partial charge in [0.1, 0.15) is 0 Å². The minimum atomic E-state index is -1.35. The lowest BCUT2D eigenvalue weighted by Gasteiger charge is -2.37. The predicted octanol–water partition coefficient (Wildman–Crippen LogP) is 4.37. The molecule has 0 fully saturated rings. The fourth-order valence-corrected chi connectivity index (χ4v) is 7.01. The second kappa shape index (κ2) is 4.89. The summed E-state index contributed by atoms with van der Waals surface area (Å²) in [6.45, 7) is 9.81. The highest BCUT2D eigenvalue weighted by Gasteiger charge is 2.35. The van der Waals surface area contributed by atoms with E-state index in [0.717, 1.165) is 0 Å². The minimum Gasteiger partial charge on any atom is -0.0771 e. The second-order valence-corrected chi connectivity index (χ2v) is 11.4.